The summed E-state index contributed by atoms with van der Waals surface area (Å²) in [6, 6.07) is 10.1. The average Bonchev–Trinajstić information content (AvgIpc) is 2.65. The van der Waals surface area contributed by atoms with E-state index >= 15 is 0 Å². The van der Waals surface area contributed by atoms with Crippen molar-refractivity contribution in [1.82, 2.24) is 5.32 Å². The molecule has 0 atom stereocenters. The molecule has 1 heterocycles. The van der Waals surface area contributed by atoms with Crippen LogP contribution in [-0.4, -0.2) is 30.8 Å². The molecule has 0 spiro atoms. The van der Waals surface area contributed by atoms with Crippen molar-refractivity contribution < 1.29 is 14.6 Å². The van der Waals surface area contributed by atoms with Gasteiger partial charge in [-0.2, -0.15) is 0 Å². The summed E-state index contributed by atoms with van der Waals surface area (Å²) in [6.45, 7) is 2.00. The predicted octanol–water partition coefficient (Wildman–Crippen LogP) is 3.70. The normalized spacial score (nSPS) is 16.8. The molecule has 1 aromatic rings. The highest BCUT2D eigenvalue weighted by Gasteiger charge is 2.37. The lowest BCUT2D eigenvalue weighted by atomic mass is 9.85. The number of carbonyl (C=O) groups excluding carboxylic acids is 1. The molecule has 0 bridgehead atoms. The fourth-order valence-corrected chi connectivity index (χ4v) is 3.33. The molecule has 0 unspecified atom stereocenters. The van der Waals surface area contributed by atoms with E-state index in [9.17, 15) is 4.79 Å². The Morgan fingerprint density at radius 1 is 1.08 bits per heavy atom. The second-order valence-corrected chi connectivity index (χ2v) is 6.71. The van der Waals surface area contributed by atoms with Crippen LogP contribution >= 0.6 is 0 Å². The highest BCUT2D eigenvalue weighted by atomic mass is 16.6. The zero-order valence-electron chi connectivity index (χ0n) is 15.1. The van der Waals surface area contributed by atoms with Crippen LogP contribution in [0, 0.1) is 0 Å². The Morgan fingerprint density at radius 2 is 1.76 bits per heavy atom. The van der Waals surface area contributed by atoms with E-state index in [1.54, 1.807) is 6.08 Å². The van der Waals surface area contributed by atoms with Gasteiger partial charge in [-0.1, -0.05) is 55.7 Å². The van der Waals surface area contributed by atoms with E-state index in [2.05, 4.69) is 17.4 Å². The van der Waals surface area contributed by atoms with Crippen molar-refractivity contribution in [3.05, 3.63) is 48.0 Å². The second-order valence-electron chi connectivity index (χ2n) is 6.71. The minimum absolute atomic E-state index is 0.244. The number of nitrogens with one attached hydrogen (secondary N) is 1. The highest BCUT2D eigenvalue weighted by molar-refractivity contribution is 5.82. The van der Waals surface area contributed by atoms with Gasteiger partial charge in [-0.25, -0.2) is 4.79 Å². The minimum Gasteiger partial charge on any atom is -0.451 e. The van der Waals surface area contributed by atoms with Crippen molar-refractivity contribution in [3.63, 3.8) is 0 Å². The Bertz CT molecular complexity index is 521. The summed E-state index contributed by atoms with van der Waals surface area (Å²) in [5.41, 5.74) is 0.584. The third-order valence-electron chi connectivity index (χ3n) is 4.79. The average molecular weight is 345 g/mol. The van der Waals surface area contributed by atoms with Crippen LogP contribution in [0.15, 0.2) is 42.5 Å². The standard InChI is InChI=1S/C21H31NO3/c23-18-10-5-3-1-2-4-9-13-20(24)25-21(14-16-22-17-15-21)19-11-7-6-8-12-19/h6-9,11-13,22-23H,1-5,10,14-18H2/b13-9+. The van der Waals surface area contributed by atoms with E-state index < -0.39 is 5.60 Å². The van der Waals surface area contributed by atoms with Crippen LogP contribution in [0.1, 0.15) is 56.9 Å². The van der Waals surface area contributed by atoms with E-state index in [0.717, 1.165) is 70.0 Å². The molecule has 25 heavy (non-hydrogen) atoms. The molecule has 0 amide bonds. The van der Waals surface area contributed by atoms with E-state index in [4.69, 9.17) is 9.84 Å². The van der Waals surface area contributed by atoms with Crippen molar-refractivity contribution in [2.45, 2.75) is 57.0 Å². The van der Waals surface area contributed by atoms with Crippen molar-refractivity contribution in [2.24, 2.45) is 0 Å². The van der Waals surface area contributed by atoms with Crippen molar-refractivity contribution in [2.75, 3.05) is 19.7 Å². The third kappa shape index (κ3) is 6.63. The molecule has 1 aliphatic heterocycles. The molecular weight excluding hydrogens is 314 g/mol. The van der Waals surface area contributed by atoms with Gasteiger partial charge in [0.1, 0.15) is 5.60 Å². The number of ether oxygens (including phenoxy) is 1. The van der Waals surface area contributed by atoms with Gasteiger partial charge in [-0.3, -0.25) is 0 Å². The molecule has 1 fully saturated rings. The number of hydrogen-bond acceptors (Lipinski definition) is 4. The van der Waals surface area contributed by atoms with E-state index in [0.29, 0.717) is 0 Å². The Hall–Kier alpha value is -1.65. The van der Waals surface area contributed by atoms with Crippen LogP contribution in [0.3, 0.4) is 0 Å². The van der Waals surface area contributed by atoms with Crippen LogP contribution in [0.25, 0.3) is 0 Å². The maximum atomic E-state index is 12.3. The molecule has 2 rings (SSSR count). The summed E-state index contributed by atoms with van der Waals surface area (Å²) < 4.78 is 5.93. The monoisotopic (exact) mass is 345 g/mol. The Balaban J connectivity index is 1.81. The summed E-state index contributed by atoms with van der Waals surface area (Å²) in [6.07, 6.45) is 11.3. The van der Waals surface area contributed by atoms with Crippen molar-refractivity contribution in [1.29, 1.82) is 0 Å². The molecule has 1 aromatic carbocycles. The van der Waals surface area contributed by atoms with Gasteiger partial charge in [0.05, 0.1) is 0 Å². The minimum atomic E-state index is -0.502. The maximum absolute atomic E-state index is 12.3. The summed E-state index contributed by atoms with van der Waals surface area (Å²) >= 11 is 0. The molecule has 4 heteroatoms. The van der Waals surface area contributed by atoms with E-state index in [1.807, 2.05) is 24.3 Å². The van der Waals surface area contributed by atoms with Crippen molar-refractivity contribution >= 4 is 5.97 Å². The number of unbranched alkanes of at least 4 members (excludes halogenated alkanes) is 5. The largest absolute Gasteiger partial charge is 0.451 e. The molecule has 4 nitrogen and oxygen atoms in total. The van der Waals surface area contributed by atoms with Crippen LogP contribution in [0.2, 0.25) is 0 Å². The first kappa shape index (κ1) is 19.7. The Kier molecular flexibility index (Phi) is 8.70. The number of aliphatic hydroxyl groups is 1. The molecular formula is C21H31NO3. The number of allylic oxidation sites excluding steroid dienone is 1. The smallest absolute Gasteiger partial charge is 0.331 e. The lowest BCUT2D eigenvalue weighted by molar-refractivity contribution is -0.158. The van der Waals surface area contributed by atoms with Gasteiger partial charge in [0.25, 0.3) is 0 Å². The van der Waals surface area contributed by atoms with Crippen LogP contribution in [-0.2, 0) is 15.1 Å². The SMILES string of the molecule is O=C(/C=C/CCCCCCCO)OC1(c2ccccc2)CCNCC1. The summed E-state index contributed by atoms with van der Waals surface area (Å²) in [7, 11) is 0. The molecule has 1 saturated heterocycles. The second kappa shape index (κ2) is 11.1. The molecule has 0 saturated carbocycles. The number of esters is 1. The topological polar surface area (TPSA) is 58.6 Å². The molecule has 0 aliphatic carbocycles. The molecule has 2 N–H and O–H groups in total. The van der Waals surface area contributed by atoms with Gasteiger partial charge in [0.2, 0.25) is 0 Å². The van der Waals surface area contributed by atoms with E-state index in [-0.39, 0.29) is 12.6 Å². The van der Waals surface area contributed by atoms with Crippen LogP contribution in [0.4, 0.5) is 0 Å². The molecule has 1 aliphatic rings. The number of rotatable bonds is 10. The Labute approximate surface area is 151 Å². The van der Waals surface area contributed by atoms with Gasteiger partial charge in [-0.05, 0) is 37.9 Å². The highest BCUT2D eigenvalue weighted by Crippen LogP contribution is 2.35. The number of benzene rings is 1. The van der Waals surface area contributed by atoms with Crippen LogP contribution < -0.4 is 5.32 Å². The number of carbonyl (C=O) groups is 1. The number of piperidine rings is 1. The lowest BCUT2D eigenvalue weighted by Gasteiger charge is -2.37. The number of aliphatic hydroxyl groups excluding tert-OH is 1. The fraction of sp³-hybridized carbons (Fsp3) is 0.571. The molecule has 138 valence electrons. The van der Waals surface area contributed by atoms with E-state index in [1.165, 1.54) is 0 Å². The first-order valence-electron chi connectivity index (χ1n) is 9.53. The summed E-state index contributed by atoms with van der Waals surface area (Å²) in [5, 5.41) is 12.1. The van der Waals surface area contributed by atoms with Crippen molar-refractivity contribution in [3.8, 4) is 0 Å². The summed E-state index contributed by atoms with van der Waals surface area (Å²) in [5.74, 6) is -0.244. The van der Waals surface area contributed by atoms with Crippen LogP contribution in [0.5, 0.6) is 0 Å². The van der Waals surface area contributed by atoms with Gasteiger partial charge in [-0.15, -0.1) is 0 Å². The predicted molar refractivity (Wildman–Crippen MR) is 100 cm³/mol. The Morgan fingerprint density at radius 3 is 2.48 bits per heavy atom. The summed E-state index contributed by atoms with van der Waals surface area (Å²) in [4.78, 5) is 12.3. The third-order valence-corrected chi connectivity index (χ3v) is 4.79. The quantitative estimate of drug-likeness (QED) is 0.386. The zero-order chi connectivity index (χ0) is 17.8. The number of hydrogen-bond donors (Lipinski definition) is 2. The molecule has 0 radical (unpaired) electrons. The maximum Gasteiger partial charge on any atom is 0.331 e. The van der Waals surface area contributed by atoms with Gasteiger partial charge >= 0.3 is 5.97 Å². The first-order valence-corrected chi connectivity index (χ1v) is 9.53. The lowest BCUT2D eigenvalue weighted by Crippen LogP contribution is -2.42. The first-order chi connectivity index (χ1) is 12.3. The van der Waals surface area contributed by atoms with Gasteiger partial charge < -0.3 is 15.2 Å². The van der Waals surface area contributed by atoms with Gasteiger partial charge in [0.15, 0.2) is 0 Å². The molecule has 0 aromatic heterocycles. The zero-order valence-corrected chi connectivity index (χ0v) is 15.1. The fourth-order valence-electron chi connectivity index (χ4n) is 3.33. The van der Waals surface area contributed by atoms with Gasteiger partial charge in [0, 0.05) is 25.5 Å².